The first-order chi connectivity index (χ1) is 11.7. The van der Waals surface area contributed by atoms with Gasteiger partial charge in [-0.25, -0.2) is 4.39 Å². The number of rotatable bonds is 3. The summed E-state index contributed by atoms with van der Waals surface area (Å²) in [7, 11) is 0. The van der Waals surface area contributed by atoms with Crippen molar-refractivity contribution in [3.05, 3.63) is 51.5 Å². The van der Waals surface area contributed by atoms with Crippen LogP contribution in [0.2, 0.25) is 0 Å². The molecule has 3 aromatic rings. The van der Waals surface area contributed by atoms with Gasteiger partial charge in [0.05, 0.1) is 5.56 Å². The zero-order valence-corrected chi connectivity index (χ0v) is 13.6. The Morgan fingerprint density at radius 3 is 2.83 bits per heavy atom. The van der Waals surface area contributed by atoms with Gasteiger partial charge in [-0.2, -0.15) is 4.98 Å². The van der Waals surface area contributed by atoms with Crippen molar-refractivity contribution in [3.63, 3.8) is 0 Å². The van der Waals surface area contributed by atoms with Gasteiger partial charge in [-0.05, 0) is 55.5 Å². The number of amides is 1. The molecule has 2 aromatic heterocycles. The van der Waals surface area contributed by atoms with Crippen molar-refractivity contribution >= 4 is 23.2 Å². The van der Waals surface area contributed by atoms with E-state index in [0.717, 1.165) is 30.4 Å². The lowest BCUT2D eigenvalue weighted by Gasteiger charge is -2.12. The fourth-order valence-corrected chi connectivity index (χ4v) is 4.03. The van der Waals surface area contributed by atoms with Crippen LogP contribution in [0.4, 0.5) is 10.3 Å². The molecule has 122 valence electrons. The van der Waals surface area contributed by atoms with Crippen LogP contribution in [-0.4, -0.2) is 21.1 Å². The first-order valence-corrected chi connectivity index (χ1v) is 8.67. The van der Waals surface area contributed by atoms with Crippen molar-refractivity contribution < 1.29 is 9.18 Å². The molecular formula is C17H15FN4OS. The normalized spacial score (nSPS) is 13.5. The highest BCUT2D eigenvalue weighted by molar-refractivity contribution is 7.10. The number of fused-ring (bicyclic) bond motifs is 1. The molecule has 1 aliphatic rings. The monoisotopic (exact) mass is 342 g/mol. The van der Waals surface area contributed by atoms with Gasteiger partial charge in [0, 0.05) is 15.8 Å². The molecule has 0 radical (unpaired) electrons. The number of H-pyrrole nitrogens is 1. The molecule has 1 aliphatic carbocycles. The summed E-state index contributed by atoms with van der Waals surface area (Å²) in [5.74, 6) is 0.209. The van der Waals surface area contributed by atoms with Crippen molar-refractivity contribution in [2.45, 2.75) is 25.7 Å². The molecule has 2 heterocycles. The third kappa shape index (κ3) is 2.82. The van der Waals surface area contributed by atoms with Crippen LogP contribution in [0.1, 0.15) is 33.6 Å². The Hall–Kier alpha value is -2.54. The third-order valence-corrected chi connectivity index (χ3v) is 5.22. The summed E-state index contributed by atoms with van der Waals surface area (Å²) in [6, 6.07) is 5.93. The molecule has 24 heavy (non-hydrogen) atoms. The van der Waals surface area contributed by atoms with Gasteiger partial charge in [0.1, 0.15) is 5.82 Å². The SMILES string of the molecule is O=C(Nc1n[nH]c(-c2ccc(F)cc2)n1)c1csc2c1CCCC2. The lowest BCUT2D eigenvalue weighted by atomic mass is 9.96. The first-order valence-electron chi connectivity index (χ1n) is 7.79. The Bertz CT molecular complexity index is 884. The molecule has 5 nitrogen and oxygen atoms in total. The number of aromatic nitrogens is 3. The summed E-state index contributed by atoms with van der Waals surface area (Å²) in [6.07, 6.45) is 4.33. The van der Waals surface area contributed by atoms with E-state index in [1.54, 1.807) is 23.5 Å². The van der Waals surface area contributed by atoms with Crippen LogP contribution in [0.25, 0.3) is 11.4 Å². The highest BCUT2D eigenvalue weighted by atomic mass is 32.1. The lowest BCUT2D eigenvalue weighted by Crippen LogP contribution is -2.15. The predicted octanol–water partition coefficient (Wildman–Crippen LogP) is 3.80. The summed E-state index contributed by atoms with van der Waals surface area (Å²) in [4.78, 5) is 18.1. The van der Waals surface area contributed by atoms with Crippen LogP contribution in [0.5, 0.6) is 0 Å². The number of nitrogens with one attached hydrogen (secondary N) is 2. The minimum atomic E-state index is -0.311. The van der Waals surface area contributed by atoms with Gasteiger partial charge in [-0.15, -0.1) is 16.4 Å². The van der Waals surface area contributed by atoms with Gasteiger partial charge >= 0.3 is 0 Å². The second-order valence-electron chi connectivity index (χ2n) is 5.73. The molecule has 0 aliphatic heterocycles. The van der Waals surface area contributed by atoms with Gasteiger partial charge < -0.3 is 0 Å². The maximum Gasteiger partial charge on any atom is 0.259 e. The highest BCUT2D eigenvalue weighted by Crippen LogP contribution is 2.30. The van der Waals surface area contributed by atoms with E-state index in [1.807, 2.05) is 5.38 Å². The quantitative estimate of drug-likeness (QED) is 0.760. The van der Waals surface area contributed by atoms with Crippen LogP contribution in [0, 0.1) is 5.82 Å². The average molecular weight is 342 g/mol. The van der Waals surface area contributed by atoms with E-state index in [0.29, 0.717) is 11.4 Å². The molecule has 0 saturated carbocycles. The molecule has 0 fully saturated rings. The topological polar surface area (TPSA) is 70.7 Å². The van der Waals surface area contributed by atoms with Crippen molar-refractivity contribution in [1.29, 1.82) is 0 Å². The molecule has 7 heteroatoms. The Morgan fingerprint density at radius 2 is 2.00 bits per heavy atom. The van der Waals surface area contributed by atoms with Gasteiger partial charge in [0.15, 0.2) is 5.82 Å². The molecule has 1 aromatic carbocycles. The number of aryl methyl sites for hydroxylation is 1. The van der Waals surface area contributed by atoms with Gasteiger partial charge in [-0.3, -0.25) is 15.2 Å². The Morgan fingerprint density at radius 1 is 1.21 bits per heavy atom. The number of hydrogen-bond acceptors (Lipinski definition) is 4. The van der Waals surface area contributed by atoms with Crippen molar-refractivity contribution in [1.82, 2.24) is 15.2 Å². The molecule has 0 atom stereocenters. The largest absolute Gasteiger partial charge is 0.289 e. The molecular weight excluding hydrogens is 327 g/mol. The summed E-state index contributed by atoms with van der Waals surface area (Å²) in [6.45, 7) is 0. The van der Waals surface area contributed by atoms with E-state index in [2.05, 4.69) is 20.5 Å². The zero-order valence-electron chi connectivity index (χ0n) is 12.8. The minimum absolute atomic E-state index is 0.181. The van der Waals surface area contributed by atoms with Crippen LogP contribution < -0.4 is 5.32 Å². The van der Waals surface area contributed by atoms with Crippen molar-refractivity contribution in [3.8, 4) is 11.4 Å². The highest BCUT2D eigenvalue weighted by Gasteiger charge is 2.21. The number of halogens is 1. The fraction of sp³-hybridized carbons (Fsp3) is 0.235. The number of benzene rings is 1. The zero-order chi connectivity index (χ0) is 16.5. The smallest absolute Gasteiger partial charge is 0.259 e. The Labute approximate surface area is 141 Å². The van der Waals surface area contributed by atoms with Crippen LogP contribution in [-0.2, 0) is 12.8 Å². The summed E-state index contributed by atoms with van der Waals surface area (Å²) in [5, 5.41) is 11.4. The van der Waals surface area contributed by atoms with E-state index in [1.165, 1.54) is 23.4 Å². The number of carbonyl (C=O) groups excluding carboxylic acids is 1. The average Bonchev–Trinajstić information content (AvgIpc) is 3.22. The Balaban J connectivity index is 1.52. The van der Waals surface area contributed by atoms with Crippen LogP contribution in [0.15, 0.2) is 29.6 Å². The maximum atomic E-state index is 13.0. The van der Waals surface area contributed by atoms with Crippen LogP contribution in [0.3, 0.4) is 0 Å². The summed E-state index contributed by atoms with van der Waals surface area (Å²) < 4.78 is 13.0. The Kier molecular flexibility index (Phi) is 3.86. The number of anilines is 1. The number of thiophene rings is 1. The number of carbonyl (C=O) groups is 1. The predicted molar refractivity (Wildman–Crippen MR) is 90.7 cm³/mol. The first kappa shape index (κ1) is 15.0. The summed E-state index contributed by atoms with van der Waals surface area (Å²) in [5.41, 5.74) is 2.60. The van der Waals surface area contributed by atoms with E-state index in [9.17, 15) is 9.18 Å². The molecule has 0 spiro atoms. The molecule has 2 N–H and O–H groups in total. The number of nitrogens with zero attached hydrogens (tertiary/aromatic N) is 2. The van der Waals surface area contributed by atoms with E-state index in [4.69, 9.17) is 0 Å². The standard InChI is InChI=1S/C17H15FN4OS/c18-11-7-5-10(6-8-11)15-19-17(22-21-15)20-16(23)13-9-24-14-4-2-1-3-12(13)14/h5-9H,1-4H2,(H2,19,20,21,22,23). The summed E-state index contributed by atoms with van der Waals surface area (Å²) >= 11 is 1.65. The van der Waals surface area contributed by atoms with Gasteiger partial charge in [0.2, 0.25) is 5.95 Å². The van der Waals surface area contributed by atoms with Crippen molar-refractivity contribution in [2.24, 2.45) is 0 Å². The van der Waals surface area contributed by atoms with Gasteiger partial charge in [-0.1, -0.05) is 0 Å². The fourth-order valence-electron chi connectivity index (χ4n) is 2.91. The second kappa shape index (κ2) is 6.16. The second-order valence-corrected chi connectivity index (χ2v) is 6.69. The van der Waals surface area contributed by atoms with Crippen molar-refractivity contribution in [2.75, 3.05) is 5.32 Å². The van der Waals surface area contributed by atoms with Crippen LogP contribution >= 0.6 is 11.3 Å². The van der Waals surface area contributed by atoms with E-state index >= 15 is 0 Å². The minimum Gasteiger partial charge on any atom is -0.289 e. The number of hydrogen-bond donors (Lipinski definition) is 2. The lowest BCUT2D eigenvalue weighted by molar-refractivity contribution is 0.102. The van der Waals surface area contributed by atoms with E-state index < -0.39 is 0 Å². The molecule has 0 bridgehead atoms. The van der Waals surface area contributed by atoms with Gasteiger partial charge in [0.25, 0.3) is 5.91 Å². The molecule has 1 amide bonds. The number of aromatic amines is 1. The molecule has 4 rings (SSSR count). The third-order valence-electron chi connectivity index (χ3n) is 4.13. The maximum absolute atomic E-state index is 13.0. The van der Waals surface area contributed by atoms with E-state index in [-0.39, 0.29) is 17.7 Å². The molecule has 0 saturated heterocycles. The molecule has 0 unspecified atom stereocenters.